The maximum Gasteiger partial charge on any atom is 0.154 e. The second-order valence-corrected chi connectivity index (χ2v) is 5.78. The number of rotatable bonds is 6. The average Bonchev–Trinajstić information content (AvgIpc) is 2.02. The van der Waals surface area contributed by atoms with Gasteiger partial charge in [0.2, 0.25) is 0 Å². The van der Waals surface area contributed by atoms with E-state index in [-0.39, 0.29) is 17.6 Å². The van der Waals surface area contributed by atoms with Gasteiger partial charge in [-0.1, -0.05) is 6.92 Å². The molecular weight excluding hydrogens is 190 g/mol. The van der Waals surface area contributed by atoms with Crippen molar-refractivity contribution in [3.63, 3.8) is 0 Å². The van der Waals surface area contributed by atoms with Crippen molar-refractivity contribution in [2.24, 2.45) is 5.73 Å². The van der Waals surface area contributed by atoms with Crippen molar-refractivity contribution in [2.45, 2.75) is 38.0 Å². The van der Waals surface area contributed by atoms with Crippen LogP contribution < -0.4 is 5.73 Å². The van der Waals surface area contributed by atoms with E-state index in [4.69, 9.17) is 10.8 Å². The lowest BCUT2D eigenvalue weighted by atomic mass is 10.3. The number of hydrogen-bond acceptors (Lipinski definition) is 4. The van der Waals surface area contributed by atoms with Gasteiger partial charge in [-0.2, -0.15) is 0 Å². The van der Waals surface area contributed by atoms with Crippen LogP contribution in [0, 0.1) is 0 Å². The highest BCUT2D eigenvalue weighted by molar-refractivity contribution is 7.92. The van der Waals surface area contributed by atoms with Gasteiger partial charge in [-0.15, -0.1) is 0 Å². The summed E-state index contributed by atoms with van der Waals surface area (Å²) in [6.45, 7) is 3.46. The molecule has 0 spiro atoms. The van der Waals surface area contributed by atoms with Crippen LogP contribution in [0.1, 0.15) is 26.7 Å². The normalized spacial score (nSPS) is 16.9. The van der Waals surface area contributed by atoms with E-state index in [0.29, 0.717) is 12.8 Å². The molecule has 2 unspecified atom stereocenters. The van der Waals surface area contributed by atoms with E-state index >= 15 is 0 Å². The van der Waals surface area contributed by atoms with Crippen molar-refractivity contribution in [3.8, 4) is 0 Å². The summed E-state index contributed by atoms with van der Waals surface area (Å²) in [7, 11) is -3.07. The van der Waals surface area contributed by atoms with Crippen LogP contribution in [-0.4, -0.2) is 37.2 Å². The van der Waals surface area contributed by atoms with E-state index in [1.54, 1.807) is 6.92 Å². The van der Waals surface area contributed by atoms with Crippen molar-refractivity contribution < 1.29 is 13.5 Å². The molecule has 2 atom stereocenters. The van der Waals surface area contributed by atoms with Crippen molar-refractivity contribution in [2.75, 3.05) is 12.4 Å². The Bertz CT molecular complexity index is 226. The first-order valence-electron chi connectivity index (χ1n) is 4.52. The van der Waals surface area contributed by atoms with Gasteiger partial charge in [0.25, 0.3) is 0 Å². The lowest BCUT2D eigenvalue weighted by Gasteiger charge is -2.14. The largest absolute Gasteiger partial charge is 0.396 e. The summed E-state index contributed by atoms with van der Waals surface area (Å²) in [6, 6.07) is -0.441. The van der Waals surface area contributed by atoms with Crippen LogP contribution >= 0.6 is 0 Å². The lowest BCUT2D eigenvalue weighted by molar-refractivity contribution is 0.279. The molecule has 0 fully saturated rings. The second-order valence-electron chi connectivity index (χ2n) is 3.32. The highest BCUT2D eigenvalue weighted by Gasteiger charge is 2.21. The van der Waals surface area contributed by atoms with Crippen molar-refractivity contribution in [1.82, 2.24) is 0 Å². The third kappa shape index (κ3) is 4.59. The first kappa shape index (κ1) is 12.9. The van der Waals surface area contributed by atoms with Crippen LogP contribution in [0.25, 0.3) is 0 Å². The smallest absolute Gasteiger partial charge is 0.154 e. The minimum Gasteiger partial charge on any atom is -0.396 e. The molecule has 0 rings (SSSR count). The van der Waals surface area contributed by atoms with Crippen LogP contribution in [0.4, 0.5) is 0 Å². The molecule has 0 saturated carbocycles. The summed E-state index contributed by atoms with van der Waals surface area (Å²) in [4.78, 5) is 0. The van der Waals surface area contributed by atoms with Gasteiger partial charge in [0.05, 0.1) is 11.0 Å². The highest BCUT2D eigenvalue weighted by atomic mass is 32.2. The zero-order valence-corrected chi connectivity index (χ0v) is 9.05. The summed E-state index contributed by atoms with van der Waals surface area (Å²) in [5.41, 5.74) is 5.52. The van der Waals surface area contributed by atoms with Gasteiger partial charge >= 0.3 is 0 Å². The molecule has 5 heteroatoms. The molecular formula is C8H19NO3S. The molecule has 0 aromatic carbocycles. The number of aliphatic hydroxyl groups excluding tert-OH is 1. The monoisotopic (exact) mass is 209 g/mol. The molecule has 0 saturated heterocycles. The van der Waals surface area contributed by atoms with E-state index in [9.17, 15) is 8.42 Å². The third-order valence-electron chi connectivity index (χ3n) is 2.13. The molecule has 4 nitrogen and oxygen atoms in total. The SMILES string of the molecule is CCC(C)S(=O)(=O)CC(N)CCO. The lowest BCUT2D eigenvalue weighted by Crippen LogP contribution is -2.34. The van der Waals surface area contributed by atoms with Crippen LogP contribution in [0.2, 0.25) is 0 Å². The third-order valence-corrected chi connectivity index (χ3v) is 4.59. The average molecular weight is 209 g/mol. The topological polar surface area (TPSA) is 80.4 Å². The van der Waals surface area contributed by atoms with Crippen LogP contribution in [0.15, 0.2) is 0 Å². The fourth-order valence-electron chi connectivity index (χ4n) is 0.966. The first-order chi connectivity index (χ1) is 5.94. The van der Waals surface area contributed by atoms with Gasteiger partial charge in [-0.05, 0) is 19.8 Å². The van der Waals surface area contributed by atoms with Crippen molar-refractivity contribution in [1.29, 1.82) is 0 Å². The molecule has 0 aliphatic carbocycles. The van der Waals surface area contributed by atoms with Gasteiger partial charge in [0.1, 0.15) is 0 Å². The molecule has 0 aromatic rings. The molecule has 13 heavy (non-hydrogen) atoms. The van der Waals surface area contributed by atoms with Gasteiger partial charge in [-0.25, -0.2) is 8.42 Å². The first-order valence-corrected chi connectivity index (χ1v) is 6.23. The van der Waals surface area contributed by atoms with Gasteiger partial charge in [-0.3, -0.25) is 0 Å². The van der Waals surface area contributed by atoms with Gasteiger partial charge in [0.15, 0.2) is 9.84 Å². The van der Waals surface area contributed by atoms with E-state index in [0.717, 1.165) is 0 Å². The molecule has 80 valence electrons. The molecule has 0 amide bonds. The van der Waals surface area contributed by atoms with E-state index in [1.807, 2.05) is 6.92 Å². The Labute approximate surface area is 80.1 Å². The fourth-order valence-corrected chi connectivity index (χ4v) is 2.57. The Morgan fingerprint density at radius 3 is 2.38 bits per heavy atom. The highest BCUT2D eigenvalue weighted by Crippen LogP contribution is 2.07. The number of aliphatic hydroxyl groups is 1. The predicted molar refractivity (Wildman–Crippen MR) is 53.2 cm³/mol. The predicted octanol–water partition coefficient (Wildman–Crippen LogP) is -0.0906. The minimum absolute atomic E-state index is 0.0252. The van der Waals surface area contributed by atoms with Crippen molar-refractivity contribution >= 4 is 9.84 Å². The Kier molecular flexibility index (Phi) is 5.51. The van der Waals surface area contributed by atoms with E-state index in [1.165, 1.54) is 0 Å². The molecule has 0 radical (unpaired) electrons. The van der Waals surface area contributed by atoms with Crippen molar-refractivity contribution in [3.05, 3.63) is 0 Å². The Morgan fingerprint density at radius 1 is 1.46 bits per heavy atom. The van der Waals surface area contributed by atoms with Gasteiger partial charge < -0.3 is 10.8 Å². The quantitative estimate of drug-likeness (QED) is 0.640. The van der Waals surface area contributed by atoms with E-state index in [2.05, 4.69) is 0 Å². The maximum absolute atomic E-state index is 11.5. The summed E-state index contributed by atoms with van der Waals surface area (Å²) in [5.74, 6) is -0.0252. The molecule has 0 heterocycles. The molecule has 0 aliphatic rings. The van der Waals surface area contributed by atoms with Crippen LogP contribution in [0.3, 0.4) is 0 Å². The molecule has 3 N–H and O–H groups in total. The summed E-state index contributed by atoms with van der Waals surface area (Å²) in [6.07, 6.45) is 0.948. The zero-order chi connectivity index (χ0) is 10.5. The number of hydrogen-bond donors (Lipinski definition) is 2. The standard InChI is InChI=1S/C8H19NO3S/c1-3-7(2)13(11,12)6-8(9)4-5-10/h7-8,10H,3-6,9H2,1-2H3. The summed E-state index contributed by atoms with van der Waals surface area (Å²) >= 11 is 0. The zero-order valence-electron chi connectivity index (χ0n) is 8.23. The molecule has 0 aromatic heterocycles. The van der Waals surface area contributed by atoms with E-state index < -0.39 is 15.9 Å². The Hall–Kier alpha value is -0.130. The number of nitrogens with two attached hydrogens (primary N) is 1. The minimum atomic E-state index is -3.07. The molecule has 0 bridgehead atoms. The van der Waals surface area contributed by atoms with Gasteiger partial charge in [0, 0.05) is 12.6 Å². The molecule has 0 aliphatic heterocycles. The fraction of sp³-hybridized carbons (Fsp3) is 1.00. The van der Waals surface area contributed by atoms with Crippen LogP contribution in [0.5, 0.6) is 0 Å². The Balaban J connectivity index is 4.17. The summed E-state index contributed by atoms with van der Waals surface area (Å²) in [5, 5.41) is 8.22. The van der Waals surface area contributed by atoms with Crippen LogP contribution in [-0.2, 0) is 9.84 Å². The second kappa shape index (κ2) is 5.57. The Morgan fingerprint density at radius 2 is 2.00 bits per heavy atom. The number of sulfone groups is 1. The summed E-state index contributed by atoms with van der Waals surface area (Å²) < 4.78 is 23.0. The maximum atomic E-state index is 11.5.